The molecule has 0 unspecified atom stereocenters. The lowest BCUT2D eigenvalue weighted by molar-refractivity contribution is -0.151. The van der Waals surface area contributed by atoms with Crippen LogP contribution in [-0.2, 0) is 27.2 Å². The van der Waals surface area contributed by atoms with Gasteiger partial charge in [-0.05, 0) is 24.0 Å². The molecule has 0 heterocycles. The first-order valence-corrected chi connectivity index (χ1v) is 9.46. The quantitative estimate of drug-likeness (QED) is 0.458. The number of hydrogen-bond acceptors (Lipinski definition) is 5. The maximum atomic E-state index is 12.5. The maximum absolute atomic E-state index is 12.5. The van der Waals surface area contributed by atoms with Gasteiger partial charge in [-0.25, -0.2) is 10.4 Å². The van der Waals surface area contributed by atoms with E-state index in [-0.39, 0.29) is 0 Å². The average Bonchev–Trinajstić information content (AvgIpc) is 2.72. The summed E-state index contributed by atoms with van der Waals surface area (Å²) in [5, 5.41) is 11.4. The number of ether oxygens (including phenoxy) is 1. The molecule has 28 heavy (non-hydrogen) atoms. The van der Waals surface area contributed by atoms with Crippen LogP contribution in [0.3, 0.4) is 0 Å². The van der Waals surface area contributed by atoms with Crippen LogP contribution in [0.2, 0.25) is 0 Å². The molecule has 2 N–H and O–H groups in total. The number of benzene rings is 2. The van der Waals surface area contributed by atoms with Crippen molar-refractivity contribution in [2.24, 2.45) is 0 Å². The number of carboxylic acid groups (broad SMARTS) is 1. The van der Waals surface area contributed by atoms with Crippen LogP contribution in [0.5, 0.6) is 0 Å². The Morgan fingerprint density at radius 1 is 1.00 bits per heavy atom. The summed E-state index contributed by atoms with van der Waals surface area (Å²) in [6.07, 6.45) is 1.50. The van der Waals surface area contributed by atoms with Crippen molar-refractivity contribution in [3.8, 4) is 0 Å². The van der Waals surface area contributed by atoms with Gasteiger partial charge < -0.3 is 9.84 Å². The van der Waals surface area contributed by atoms with Crippen molar-refractivity contribution in [3.63, 3.8) is 0 Å². The van der Waals surface area contributed by atoms with Crippen LogP contribution in [0.4, 0.5) is 0 Å². The number of aliphatic carboxylic acids is 1. The number of carbonyl (C=O) groups is 2. The van der Waals surface area contributed by atoms with Gasteiger partial charge in [0.25, 0.3) is 0 Å². The Hall–Kier alpha value is -2.70. The summed E-state index contributed by atoms with van der Waals surface area (Å²) in [6.45, 7) is 2.50. The largest absolute Gasteiger partial charge is 0.480 e. The van der Waals surface area contributed by atoms with Gasteiger partial charge in [-0.1, -0.05) is 67.6 Å². The lowest BCUT2D eigenvalue weighted by atomic mass is 10.0. The smallest absolute Gasteiger partial charge is 0.324 e. The van der Waals surface area contributed by atoms with Crippen molar-refractivity contribution in [2.75, 3.05) is 13.7 Å². The van der Waals surface area contributed by atoms with Crippen molar-refractivity contribution in [3.05, 3.63) is 71.8 Å². The summed E-state index contributed by atoms with van der Waals surface area (Å²) >= 11 is 0. The summed E-state index contributed by atoms with van der Waals surface area (Å²) in [5.41, 5.74) is 4.97. The highest BCUT2D eigenvalue weighted by molar-refractivity contribution is 5.76. The second kappa shape index (κ2) is 11.2. The molecule has 2 rings (SSSR count). The SMILES string of the molecule is CCCN(N[C@@H](Cc1ccccc1)C(=O)O)[C@@H](Cc1ccccc1)C(=O)OC. The van der Waals surface area contributed by atoms with Crippen LogP contribution in [0.15, 0.2) is 60.7 Å². The van der Waals surface area contributed by atoms with Gasteiger partial charge in [-0.3, -0.25) is 9.59 Å². The van der Waals surface area contributed by atoms with Gasteiger partial charge in [0.15, 0.2) is 0 Å². The van der Waals surface area contributed by atoms with Gasteiger partial charge in [-0.2, -0.15) is 0 Å². The minimum atomic E-state index is -0.965. The number of esters is 1. The summed E-state index contributed by atoms with van der Waals surface area (Å²) in [7, 11) is 1.35. The minimum absolute atomic E-state index is 0.315. The second-order valence-electron chi connectivity index (χ2n) is 6.63. The molecule has 6 nitrogen and oxygen atoms in total. The molecule has 0 amide bonds. The Kier molecular flexibility index (Phi) is 8.65. The Labute approximate surface area is 166 Å². The van der Waals surface area contributed by atoms with E-state index in [1.807, 2.05) is 67.6 Å². The third kappa shape index (κ3) is 6.48. The van der Waals surface area contributed by atoms with E-state index < -0.39 is 24.0 Å². The summed E-state index contributed by atoms with van der Waals surface area (Å²) < 4.78 is 5.00. The number of hydrogen-bond donors (Lipinski definition) is 2. The second-order valence-corrected chi connectivity index (χ2v) is 6.63. The van der Waals surface area contributed by atoms with E-state index in [9.17, 15) is 14.7 Å². The minimum Gasteiger partial charge on any atom is -0.480 e. The fourth-order valence-electron chi connectivity index (χ4n) is 3.08. The molecule has 0 aromatic heterocycles. The zero-order valence-corrected chi connectivity index (χ0v) is 16.4. The van der Waals surface area contributed by atoms with Crippen molar-refractivity contribution < 1.29 is 19.4 Å². The highest BCUT2D eigenvalue weighted by Gasteiger charge is 2.30. The van der Waals surface area contributed by atoms with Crippen LogP contribution in [0.1, 0.15) is 24.5 Å². The van der Waals surface area contributed by atoms with Crippen LogP contribution in [0.25, 0.3) is 0 Å². The van der Waals surface area contributed by atoms with E-state index in [1.54, 1.807) is 5.01 Å². The Bertz CT molecular complexity index is 737. The topological polar surface area (TPSA) is 78.9 Å². The molecular formula is C22H28N2O4. The molecule has 2 atom stereocenters. The molecule has 6 heteroatoms. The molecule has 0 saturated carbocycles. The molecule has 0 aliphatic rings. The van der Waals surface area contributed by atoms with Crippen LogP contribution in [-0.4, -0.2) is 47.8 Å². The van der Waals surface area contributed by atoms with Crippen molar-refractivity contribution in [1.82, 2.24) is 10.4 Å². The fourth-order valence-corrected chi connectivity index (χ4v) is 3.08. The average molecular weight is 384 g/mol. The monoisotopic (exact) mass is 384 g/mol. The predicted molar refractivity (Wildman–Crippen MR) is 108 cm³/mol. The summed E-state index contributed by atoms with van der Waals surface area (Å²) in [5.74, 6) is -1.36. The van der Waals surface area contributed by atoms with Crippen LogP contribution < -0.4 is 5.43 Å². The molecule has 0 bridgehead atoms. The van der Waals surface area contributed by atoms with Crippen LogP contribution in [0, 0.1) is 0 Å². The van der Waals surface area contributed by atoms with E-state index in [4.69, 9.17) is 4.74 Å². The highest BCUT2D eigenvalue weighted by Crippen LogP contribution is 2.12. The Morgan fingerprint density at radius 3 is 2.00 bits per heavy atom. The molecule has 150 valence electrons. The van der Waals surface area contributed by atoms with E-state index in [0.717, 1.165) is 17.5 Å². The van der Waals surface area contributed by atoms with E-state index in [0.29, 0.717) is 19.4 Å². The van der Waals surface area contributed by atoms with Gasteiger partial charge in [0.05, 0.1) is 7.11 Å². The number of rotatable bonds is 11. The van der Waals surface area contributed by atoms with Crippen molar-refractivity contribution in [1.29, 1.82) is 0 Å². The normalized spacial score (nSPS) is 13.1. The molecule has 0 aliphatic carbocycles. The predicted octanol–water partition coefficient (Wildman–Crippen LogP) is 2.68. The Balaban J connectivity index is 2.22. The first-order chi connectivity index (χ1) is 13.5. The van der Waals surface area contributed by atoms with E-state index >= 15 is 0 Å². The molecule has 0 aliphatic heterocycles. The maximum Gasteiger partial charge on any atom is 0.324 e. The zero-order chi connectivity index (χ0) is 20.4. The highest BCUT2D eigenvalue weighted by atomic mass is 16.5. The third-order valence-electron chi connectivity index (χ3n) is 4.49. The molecule has 0 radical (unpaired) electrons. The summed E-state index contributed by atoms with van der Waals surface area (Å²) in [6, 6.07) is 17.6. The lowest BCUT2D eigenvalue weighted by Crippen LogP contribution is -2.57. The zero-order valence-electron chi connectivity index (χ0n) is 16.4. The number of nitrogens with zero attached hydrogens (tertiary/aromatic N) is 1. The number of hydrazine groups is 1. The van der Waals surface area contributed by atoms with Gasteiger partial charge in [0.1, 0.15) is 12.1 Å². The fraction of sp³-hybridized carbons (Fsp3) is 0.364. The molecular weight excluding hydrogens is 356 g/mol. The van der Waals surface area contributed by atoms with E-state index in [1.165, 1.54) is 7.11 Å². The van der Waals surface area contributed by atoms with Gasteiger partial charge >= 0.3 is 11.9 Å². The standard InChI is InChI=1S/C22H28N2O4/c1-3-14-24(20(22(27)28-2)16-18-12-8-5-9-13-18)23-19(21(25)26)15-17-10-6-4-7-11-17/h4-13,19-20,23H,3,14-16H2,1-2H3,(H,25,26)/t19-,20-/m0/s1. The lowest BCUT2D eigenvalue weighted by Gasteiger charge is -2.32. The first kappa shape index (κ1) is 21.6. The molecule has 2 aromatic rings. The molecule has 2 aromatic carbocycles. The third-order valence-corrected chi connectivity index (χ3v) is 4.49. The van der Waals surface area contributed by atoms with E-state index in [2.05, 4.69) is 5.43 Å². The number of methoxy groups -OCH3 is 1. The van der Waals surface area contributed by atoms with Gasteiger partial charge in [0.2, 0.25) is 0 Å². The van der Waals surface area contributed by atoms with Gasteiger partial charge in [0, 0.05) is 13.0 Å². The summed E-state index contributed by atoms with van der Waals surface area (Å²) in [4.78, 5) is 24.3. The van der Waals surface area contributed by atoms with Crippen LogP contribution >= 0.6 is 0 Å². The first-order valence-electron chi connectivity index (χ1n) is 9.46. The Morgan fingerprint density at radius 2 is 1.54 bits per heavy atom. The molecule has 0 fully saturated rings. The number of nitrogens with one attached hydrogen (secondary N) is 1. The van der Waals surface area contributed by atoms with Crippen molar-refractivity contribution >= 4 is 11.9 Å². The van der Waals surface area contributed by atoms with Crippen molar-refractivity contribution in [2.45, 2.75) is 38.3 Å². The van der Waals surface area contributed by atoms with Gasteiger partial charge in [-0.15, -0.1) is 0 Å². The number of carbonyl (C=O) groups excluding carboxylic acids is 1. The molecule has 0 spiro atoms. The molecule has 0 saturated heterocycles. The number of carboxylic acids is 1.